The van der Waals surface area contributed by atoms with Gasteiger partial charge in [-0.2, -0.15) is 5.48 Å². The number of nitrogens with one attached hydrogen (secondary N) is 1. The van der Waals surface area contributed by atoms with E-state index in [0.717, 1.165) is 27.6 Å². The molecule has 1 N–H and O–H groups in total. The van der Waals surface area contributed by atoms with Crippen molar-refractivity contribution < 1.29 is 22.1 Å². The van der Waals surface area contributed by atoms with E-state index in [0.29, 0.717) is 35.6 Å². The largest absolute Gasteiger partial charge is 0.456 e. The molecular formula is C31H29FN2O4S. The second-order valence-corrected chi connectivity index (χ2v) is 11.2. The van der Waals surface area contributed by atoms with E-state index in [1.165, 1.54) is 29.8 Å². The van der Waals surface area contributed by atoms with Crippen molar-refractivity contribution in [2.75, 3.05) is 24.2 Å². The van der Waals surface area contributed by atoms with Gasteiger partial charge in [0.2, 0.25) is 10.0 Å². The lowest BCUT2D eigenvalue weighted by atomic mass is 9.98. The predicted molar refractivity (Wildman–Crippen MR) is 153 cm³/mol. The molecule has 0 bridgehead atoms. The number of anilines is 1. The molecule has 0 fully saturated rings. The van der Waals surface area contributed by atoms with Crippen LogP contribution in [-0.2, 0) is 27.8 Å². The highest BCUT2D eigenvalue weighted by Crippen LogP contribution is 2.41. The molecule has 0 aliphatic rings. The summed E-state index contributed by atoms with van der Waals surface area (Å²) in [4.78, 5) is 5.13. The number of sulfonamides is 1. The molecule has 6 nitrogen and oxygen atoms in total. The van der Waals surface area contributed by atoms with Gasteiger partial charge in [0.1, 0.15) is 17.2 Å². The number of fused-ring (bicyclic) bond motifs is 1. The maximum absolute atomic E-state index is 13.7. The van der Waals surface area contributed by atoms with Gasteiger partial charge in [0.15, 0.2) is 0 Å². The number of halogens is 1. The Bertz CT molecular complexity index is 1670. The van der Waals surface area contributed by atoms with Gasteiger partial charge in [0.05, 0.1) is 25.6 Å². The van der Waals surface area contributed by atoms with Crippen molar-refractivity contribution >= 4 is 26.7 Å². The van der Waals surface area contributed by atoms with E-state index in [-0.39, 0.29) is 12.4 Å². The summed E-state index contributed by atoms with van der Waals surface area (Å²) in [5.41, 5.74) is 8.12. The van der Waals surface area contributed by atoms with Crippen molar-refractivity contribution in [2.24, 2.45) is 0 Å². The lowest BCUT2D eigenvalue weighted by molar-refractivity contribution is 0.0869. The minimum Gasteiger partial charge on any atom is -0.456 e. The monoisotopic (exact) mass is 544 g/mol. The van der Waals surface area contributed by atoms with Crippen LogP contribution in [0.4, 0.5) is 10.1 Å². The van der Waals surface area contributed by atoms with Gasteiger partial charge >= 0.3 is 0 Å². The summed E-state index contributed by atoms with van der Waals surface area (Å²) in [6.07, 6.45) is 1.76. The van der Waals surface area contributed by atoms with Crippen molar-refractivity contribution in [3.05, 3.63) is 114 Å². The second kappa shape index (κ2) is 11.4. The van der Waals surface area contributed by atoms with Crippen LogP contribution in [0.2, 0.25) is 0 Å². The lowest BCUT2D eigenvalue weighted by Crippen LogP contribution is -2.32. The topological polar surface area (TPSA) is 71.8 Å². The first-order valence-electron chi connectivity index (χ1n) is 12.5. The highest BCUT2D eigenvalue weighted by Gasteiger charge is 2.25. The van der Waals surface area contributed by atoms with Crippen LogP contribution >= 0.6 is 0 Å². The molecule has 0 unspecified atom stereocenters. The minimum absolute atomic E-state index is 0.262. The molecule has 5 aromatic rings. The summed E-state index contributed by atoms with van der Waals surface area (Å²) in [6, 6.07) is 29.3. The summed E-state index contributed by atoms with van der Waals surface area (Å²) < 4.78 is 47.8. The van der Waals surface area contributed by atoms with Crippen molar-refractivity contribution in [3.63, 3.8) is 0 Å². The Labute approximate surface area is 227 Å². The molecule has 0 spiro atoms. The van der Waals surface area contributed by atoms with Gasteiger partial charge in [-0.15, -0.1) is 0 Å². The van der Waals surface area contributed by atoms with Gasteiger partial charge in [-0.3, -0.25) is 4.31 Å². The maximum Gasteiger partial charge on any atom is 0.232 e. The van der Waals surface area contributed by atoms with E-state index < -0.39 is 10.0 Å². The SMILES string of the molecule is CONCc1c(-c2ccc(F)cc2)oc2cc(N(CCc3ccccc3)S(C)(=O)=O)c(-c3ccccc3)cc12. The number of benzene rings is 4. The predicted octanol–water partition coefficient (Wildman–Crippen LogP) is 6.57. The normalized spacial score (nSPS) is 11.7. The molecule has 39 heavy (non-hydrogen) atoms. The molecule has 1 heterocycles. The van der Waals surface area contributed by atoms with Crippen LogP contribution in [0.3, 0.4) is 0 Å². The molecule has 8 heteroatoms. The zero-order valence-electron chi connectivity index (χ0n) is 21.7. The summed E-state index contributed by atoms with van der Waals surface area (Å²) in [5.74, 6) is 0.211. The molecule has 0 radical (unpaired) electrons. The van der Waals surface area contributed by atoms with Gasteiger partial charge in [0, 0.05) is 34.7 Å². The van der Waals surface area contributed by atoms with Crippen molar-refractivity contribution in [1.29, 1.82) is 0 Å². The third kappa shape index (κ3) is 5.88. The van der Waals surface area contributed by atoms with Crippen LogP contribution in [0.25, 0.3) is 33.4 Å². The Morgan fingerprint density at radius 1 is 0.897 bits per heavy atom. The number of hydroxylamine groups is 1. The Hall–Kier alpha value is -3.98. The summed E-state index contributed by atoms with van der Waals surface area (Å²) in [6.45, 7) is 0.589. The fourth-order valence-electron chi connectivity index (χ4n) is 4.73. The third-order valence-corrected chi connectivity index (χ3v) is 7.79. The maximum atomic E-state index is 13.7. The van der Waals surface area contributed by atoms with E-state index in [1.807, 2.05) is 66.7 Å². The van der Waals surface area contributed by atoms with Gasteiger partial charge < -0.3 is 9.25 Å². The average molecular weight is 545 g/mol. The third-order valence-electron chi connectivity index (χ3n) is 6.61. The minimum atomic E-state index is -3.64. The van der Waals surface area contributed by atoms with E-state index >= 15 is 0 Å². The Morgan fingerprint density at radius 3 is 2.21 bits per heavy atom. The smallest absolute Gasteiger partial charge is 0.232 e. The Balaban J connectivity index is 1.72. The fourth-order valence-corrected chi connectivity index (χ4v) is 5.66. The number of hydrogen-bond donors (Lipinski definition) is 1. The van der Waals surface area contributed by atoms with Crippen molar-refractivity contribution in [3.8, 4) is 22.5 Å². The van der Waals surface area contributed by atoms with Crippen molar-refractivity contribution in [2.45, 2.75) is 13.0 Å². The Morgan fingerprint density at radius 2 is 1.56 bits per heavy atom. The van der Waals surface area contributed by atoms with E-state index in [2.05, 4.69) is 5.48 Å². The first-order chi connectivity index (χ1) is 18.8. The van der Waals surface area contributed by atoms with E-state index in [4.69, 9.17) is 9.25 Å². The molecule has 0 amide bonds. The molecule has 4 aromatic carbocycles. The number of furan rings is 1. The van der Waals surface area contributed by atoms with Gasteiger partial charge in [-0.1, -0.05) is 60.7 Å². The molecule has 200 valence electrons. The second-order valence-electron chi connectivity index (χ2n) is 9.24. The molecule has 0 aliphatic carbocycles. The first kappa shape index (κ1) is 26.6. The van der Waals surface area contributed by atoms with Gasteiger partial charge in [0.25, 0.3) is 0 Å². The standard InChI is InChI=1S/C31H29FN2O4S/c1-37-33-21-28-27-19-26(23-11-7-4-8-12-23)29(20-30(27)38-31(28)24-13-15-25(32)16-14-24)34(39(2,35)36)18-17-22-9-5-3-6-10-22/h3-16,19-20,33H,17-18,21H2,1-2H3. The summed E-state index contributed by atoms with van der Waals surface area (Å²) in [5, 5.41) is 0.804. The molecule has 5 rings (SSSR count). The van der Waals surface area contributed by atoms with Crippen LogP contribution in [0.1, 0.15) is 11.1 Å². The highest BCUT2D eigenvalue weighted by molar-refractivity contribution is 7.92. The van der Waals surface area contributed by atoms with Crippen LogP contribution < -0.4 is 9.79 Å². The van der Waals surface area contributed by atoms with E-state index in [9.17, 15) is 12.8 Å². The van der Waals surface area contributed by atoms with Gasteiger partial charge in [-0.05, 0) is 47.9 Å². The number of rotatable bonds is 10. The quantitative estimate of drug-likeness (QED) is 0.202. The van der Waals surface area contributed by atoms with Crippen LogP contribution in [0.5, 0.6) is 0 Å². The molecule has 0 atom stereocenters. The first-order valence-corrected chi connectivity index (χ1v) is 14.4. The fraction of sp³-hybridized carbons (Fsp3) is 0.161. The number of nitrogens with zero attached hydrogens (tertiary/aromatic N) is 1. The zero-order valence-corrected chi connectivity index (χ0v) is 22.5. The highest BCUT2D eigenvalue weighted by atomic mass is 32.2. The molecule has 0 aliphatic heterocycles. The molecule has 0 saturated heterocycles. The Kier molecular flexibility index (Phi) is 7.79. The van der Waals surface area contributed by atoms with E-state index in [1.54, 1.807) is 18.2 Å². The molecular weight excluding hydrogens is 515 g/mol. The average Bonchev–Trinajstić information content (AvgIpc) is 3.29. The lowest BCUT2D eigenvalue weighted by Gasteiger charge is -2.25. The van der Waals surface area contributed by atoms with Crippen LogP contribution in [0.15, 0.2) is 101 Å². The van der Waals surface area contributed by atoms with Crippen molar-refractivity contribution in [1.82, 2.24) is 5.48 Å². The summed E-state index contributed by atoms with van der Waals surface area (Å²) >= 11 is 0. The summed E-state index contributed by atoms with van der Waals surface area (Å²) in [7, 11) is -2.11. The zero-order chi connectivity index (χ0) is 27.4. The van der Waals surface area contributed by atoms with Crippen LogP contribution in [0, 0.1) is 5.82 Å². The van der Waals surface area contributed by atoms with Crippen LogP contribution in [-0.4, -0.2) is 28.3 Å². The molecule has 0 saturated carbocycles. The number of hydrogen-bond acceptors (Lipinski definition) is 5. The van der Waals surface area contributed by atoms with Gasteiger partial charge in [-0.25, -0.2) is 12.8 Å². The molecule has 1 aromatic heterocycles.